The highest BCUT2D eigenvalue weighted by molar-refractivity contribution is 7.89. The lowest BCUT2D eigenvalue weighted by molar-refractivity contribution is -0.387. The topological polar surface area (TPSA) is 89.3 Å². The van der Waals surface area contributed by atoms with Crippen LogP contribution in [0.5, 0.6) is 0 Å². The largest absolute Gasteiger partial charge is 0.306 e. The highest BCUT2D eigenvalue weighted by atomic mass is 32.2. The van der Waals surface area contributed by atoms with Gasteiger partial charge in [0.1, 0.15) is 0 Å². The van der Waals surface area contributed by atoms with Crippen molar-refractivity contribution in [2.75, 3.05) is 0 Å². The van der Waals surface area contributed by atoms with Gasteiger partial charge in [0.2, 0.25) is 15.8 Å². The van der Waals surface area contributed by atoms with E-state index < -0.39 is 32.0 Å². The van der Waals surface area contributed by atoms with Gasteiger partial charge in [-0.15, -0.1) is 0 Å². The van der Waals surface area contributed by atoms with Gasteiger partial charge in [-0.3, -0.25) is 10.1 Å². The van der Waals surface area contributed by atoms with E-state index in [1.54, 1.807) is 20.8 Å². The first kappa shape index (κ1) is 14.5. The standard InChI is InChI=1S/C10H13FN2O4S/c1-10(2,3)12-18(16,17)7-4-5-8(11)9(6-7)13(14)15/h4-6,12H,1-3H3. The van der Waals surface area contributed by atoms with E-state index in [4.69, 9.17) is 0 Å². The van der Waals surface area contributed by atoms with Crippen LogP contribution in [0.1, 0.15) is 20.8 Å². The number of hydrogen-bond donors (Lipinski definition) is 1. The normalized spacial score (nSPS) is 12.4. The minimum atomic E-state index is -3.91. The molecule has 6 nitrogen and oxygen atoms in total. The van der Waals surface area contributed by atoms with Gasteiger partial charge < -0.3 is 0 Å². The zero-order valence-electron chi connectivity index (χ0n) is 10.1. The van der Waals surface area contributed by atoms with Crippen molar-refractivity contribution in [3.63, 3.8) is 0 Å². The molecule has 0 bridgehead atoms. The minimum Gasteiger partial charge on any atom is -0.258 e. The molecule has 0 unspecified atom stereocenters. The monoisotopic (exact) mass is 276 g/mol. The van der Waals surface area contributed by atoms with Crippen LogP contribution in [0.2, 0.25) is 0 Å². The van der Waals surface area contributed by atoms with Crippen molar-refractivity contribution >= 4 is 15.7 Å². The number of nitro groups is 1. The lowest BCUT2D eigenvalue weighted by Gasteiger charge is -2.20. The Labute approximate surface area is 104 Å². The van der Waals surface area contributed by atoms with Crippen molar-refractivity contribution < 1.29 is 17.7 Å². The second-order valence-electron chi connectivity index (χ2n) is 4.73. The van der Waals surface area contributed by atoms with Gasteiger partial charge in [-0.1, -0.05) is 0 Å². The molecule has 0 saturated carbocycles. The molecule has 1 aromatic carbocycles. The van der Waals surface area contributed by atoms with Crippen LogP contribution in [0.15, 0.2) is 23.1 Å². The Morgan fingerprint density at radius 1 is 1.33 bits per heavy atom. The van der Waals surface area contributed by atoms with Crippen LogP contribution < -0.4 is 4.72 Å². The molecule has 100 valence electrons. The molecule has 0 spiro atoms. The fourth-order valence-electron chi connectivity index (χ4n) is 1.26. The summed E-state index contributed by atoms with van der Waals surface area (Å²) >= 11 is 0. The van der Waals surface area contributed by atoms with Crippen molar-refractivity contribution in [3.05, 3.63) is 34.1 Å². The van der Waals surface area contributed by atoms with Gasteiger partial charge >= 0.3 is 5.69 Å². The first-order chi connectivity index (χ1) is 8.03. The fraction of sp³-hybridized carbons (Fsp3) is 0.400. The number of halogens is 1. The van der Waals surface area contributed by atoms with E-state index >= 15 is 0 Å². The molecule has 0 aliphatic heterocycles. The number of rotatable bonds is 3. The number of nitrogens with one attached hydrogen (secondary N) is 1. The molecule has 0 amide bonds. The first-order valence-corrected chi connectivity index (χ1v) is 6.49. The predicted molar refractivity (Wildman–Crippen MR) is 63.1 cm³/mol. The van der Waals surface area contributed by atoms with Gasteiger partial charge in [-0.2, -0.15) is 4.39 Å². The predicted octanol–water partition coefficient (Wildman–Crippen LogP) is 1.81. The van der Waals surface area contributed by atoms with Crippen LogP contribution in [-0.4, -0.2) is 18.9 Å². The Kier molecular flexibility index (Phi) is 3.72. The van der Waals surface area contributed by atoms with Crippen LogP contribution in [0.4, 0.5) is 10.1 Å². The number of benzene rings is 1. The summed E-state index contributed by atoms with van der Waals surface area (Å²) in [6.07, 6.45) is 0. The summed E-state index contributed by atoms with van der Waals surface area (Å²) in [5.41, 5.74) is -1.60. The van der Waals surface area contributed by atoms with Crippen molar-refractivity contribution in [2.45, 2.75) is 31.2 Å². The third-order valence-corrected chi connectivity index (χ3v) is 3.62. The molecule has 0 aliphatic rings. The molecule has 8 heteroatoms. The van der Waals surface area contributed by atoms with E-state index in [0.717, 1.165) is 12.1 Å². The lowest BCUT2D eigenvalue weighted by atomic mass is 10.1. The fourth-order valence-corrected chi connectivity index (χ4v) is 2.70. The molecule has 1 rings (SSSR count). The van der Waals surface area contributed by atoms with Gasteiger partial charge in [0.15, 0.2) is 0 Å². The SMILES string of the molecule is CC(C)(C)NS(=O)(=O)c1ccc(F)c([N+](=O)[O-])c1. The van der Waals surface area contributed by atoms with E-state index in [-0.39, 0.29) is 4.90 Å². The summed E-state index contributed by atoms with van der Waals surface area (Å²) in [7, 11) is -3.91. The maximum Gasteiger partial charge on any atom is 0.306 e. The summed E-state index contributed by atoms with van der Waals surface area (Å²) < 4.78 is 39.2. The van der Waals surface area contributed by atoms with Crippen LogP contribution in [-0.2, 0) is 10.0 Å². The summed E-state index contributed by atoms with van der Waals surface area (Å²) in [5.74, 6) is -1.07. The van der Waals surface area contributed by atoms with E-state index in [1.807, 2.05) is 0 Å². The molecule has 18 heavy (non-hydrogen) atoms. The first-order valence-electron chi connectivity index (χ1n) is 5.01. The zero-order valence-corrected chi connectivity index (χ0v) is 10.9. The van der Waals surface area contributed by atoms with Gasteiger partial charge in [-0.05, 0) is 32.9 Å². The Bertz CT molecular complexity index is 578. The second-order valence-corrected chi connectivity index (χ2v) is 6.41. The van der Waals surface area contributed by atoms with Gasteiger partial charge in [0.05, 0.1) is 9.82 Å². The van der Waals surface area contributed by atoms with Crippen molar-refractivity contribution in [1.82, 2.24) is 4.72 Å². The molecular formula is C10H13FN2O4S. The average molecular weight is 276 g/mol. The van der Waals surface area contributed by atoms with Gasteiger partial charge in [0, 0.05) is 11.6 Å². The number of nitro benzene ring substituents is 1. The van der Waals surface area contributed by atoms with Crippen LogP contribution in [0.25, 0.3) is 0 Å². The molecule has 0 saturated heterocycles. The van der Waals surface area contributed by atoms with Crippen molar-refractivity contribution in [3.8, 4) is 0 Å². The summed E-state index contributed by atoms with van der Waals surface area (Å²) in [6.45, 7) is 4.88. The third kappa shape index (κ3) is 3.47. The Morgan fingerprint density at radius 3 is 2.33 bits per heavy atom. The zero-order chi connectivity index (χ0) is 14.1. The molecule has 0 fully saturated rings. The van der Waals surface area contributed by atoms with Crippen LogP contribution in [0, 0.1) is 15.9 Å². The van der Waals surface area contributed by atoms with Gasteiger partial charge in [-0.25, -0.2) is 13.1 Å². The minimum absolute atomic E-state index is 0.342. The Morgan fingerprint density at radius 2 is 1.89 bits per heavy atom. The highest BCUT2D eigenvalue weighted by Crippen LogP contribution is 2.22. The second kappa shape index (κ2) is 4.62. The maximum absolute atomic E-state index is 13.1. The van der Waals surface area contributed by atoms with Crippen molar-refractivity contribution in [1.29, 1.82) is 0 Å². The third-order valence-electron chi connectivity index (χ3n) is 1.87. The van der Waals surface area contributed by atoms with Crippen LogP contribution >= 0.6 is 0 Å². The number of sulfonamides is 1. The quantitative estimate of drug-likeness (QED) is 0.673. The number of nitrogens with zero attached hydrogens (tertiary/aromatic N) is 1. The molecule has 0 atom stereocenters. The molecule has 1 N–H and O–H groups in total. The summed E-state index contributed by atoms with van der Waals surface area (Å²) in [4.78, 5) is 9.23. The lowest BCUT2D eigenvalue weighted by Crippen LogP contribution is -2.40. The molecule has 0 radical (unpaired) electrons. The Balaban J connectivity index is 3.27. The molecule has 0 heterocycles. The summed E-state index contributed by atoms with van der Waals surface area (Å²) in [5, 5.41) is 10.5. The molecular weight excluding hydrogens is 263 g/mol. The smallest absolute Gasteiger partial charge is 0.258 e. The maximum atomic E-state index is 13.1. The molecule has 0 aromatic heterocycles. The average Bonchev–Trinajstić information content (AvgIpc) is 2.13. The molecule has 0 aliphatic carbocycles. The van der Waals surface area contributed by atoms with Crippen molar-refractivity contribution in [2.24, 2.45) is 0 Å². The molecule has 1 aromatic rings. The van der Waals surface area contributed by atoms with Gasteiger partial charge in [0.25, 0.3) is 0 Å². The van der Waals surface area contributed by atoms with Crippen LogP contribution in [0.3, 0.4) is 0 Å². The Hall–Kier alpha value is -1.54. The van der Waals surface area contributed by atoms with E-state index in [9.17, 15) is 22.9 Å². The highest BCUT2D eigenvalue weighted by Gasteiger charge is 2.25. The summed E-state index contributed by atoms with van der Waals surface area (Å²) in [6, 6.07) is 2.44. The number of hydrogen-bond acceptors (Lipinski definition) is 4. The van der Waals surface area contributed by atoms with E-state index in [2.05, 4.69) is 4.72 Å². The van der Waals surface area contributed by atoms with E-state index in [0.29, 0.717) is 6.07 Å². The van der Waals surface area contributed by atoms with E-state index in [1.165, 1.54) is 0 Å².